The number of phenols is 1. The van der Waals surface area contributed by atoms with Gasteiger partial charge in [-0.3, -0.25) is 9.36 Å². The van der Waals surface area contributed by atoms with Crippen LogP contribution in [0.25, 0.3) is 5.69 Å². The second kappa shape index (κ2) is 7.40. The molecular weight excluding hydrogens is 410 g/mol. The minimum atomic E-state index is -4.97. The molecule has 7 nitrogen and oxygen atoms in total. The fraction of sp³-hybridized carbons (Fsp3) is 0.105. The Bertz CT molecular complexity index is 1300. The van der Waals surface area contributed by atoms with E-state index >= 15 is 0 Å². The first-order valence-corrected chi connectivity index (χ1v) is 8.14. The molecule has 0 unspecified atom stereocenters. The van der Waals surface area contributed by atoms with Crippen LogP contribution in [0.5, 0.6) is 17.2 Å². The van der Waals surface area contributed by atoms with Crippen molar-refractivity contribution in [2.75, 3.05) is 0 Å². The smallest absolute Gasteiger partial charge is 0.431 e. The van der Waals surface area contributed by atoms with Gasteiger partial charge in [0.2, 0.25) is 0 Å². The molecule has 0 saturated heterocycles. The number of aromatic nitrogens is 2. The lowest BCUT2D eigenvalue weighted by Gasteiger charge is -2.15. The van der Waals surface area contributed by atoms with Crippen molar-refractivity contribution in [1.29, 1.82) is 5.26 Å². The Balaban J connectivity index is 2.23. The second-order valence-electron chi connectivity index (χ2n) is 6.05. The maximum absolute atomic E-state index is 14.6. The molecule has 3 rings (SSSR count). The van der Waals surface area contributed by atoms with Crippen LogP contribution in [0.2, 0.25) is 0 Å². The summed E-state index contributed by atoms with van der Waals surface area (Å²) in [5.74, 6) is -1.60. The van der Waals surface area contributed by atoms with Crippen LogP contribution < -0.4 is 16.0 Å². The third-order valence-electron chi connectivity index (χ3n) is 4.07. The molecule has 2 aromatic carbocycles. The van der Waals surface area contributed by atoms with Gasteiger partial charge in [-0.25, -0.2) is 13.8 Å². The van der Waals surface area contributed by atoms with E-state index in [4.69, 9.17) is 4.74 Å². The Kier molecular flexibility index (Phi) is 5.09. The van der Waals surface area contributed by atoms with Crippen molar-refractivity contribution < 1.29 is 27.4 Å². The van der Waals surface area contributed by atoms with Gasteiger partial charge >= 0.3 is 11.9 Å². The van der Waals surface area contributed by atoms with Crippen molar-refractivity contribution in [1.82, 2.24) is 9.13 Å². The van der Waals surface area contributed by atoms with Crippen LogP contribution in [0, 0.1) is 17.1 Å². The van der Waals surface area contributed by atoms with E-state index in [1.165, 1.54) is 24.3 Å². The zero-order chi connectivity index (χ0) is 22.2. The standard InChI is InChI=1S/C19H11F4N3O4/c1-25-16(19(21,22)23)8-17(28)26(18(25)29)14-7-15(10(9-24)5-13(14)20)30-12-4-2-3-11(27)6-12/h2-8,27H,1H3. The normalized spacial score (nSPS) is 11.2. The van der Waals surface area contributed by atoms with E-state index in [9.17, 15) is 37.5 Å². The number of hydrogen-bond donors (Lipinski definition) is 1. The number of hydrogen-bond acceptors (Lipinski definition) is 5. The van der Waals surface area contributed by atoms with Crippen molar-refractivity contribution in [2.45, 2.75) is 6.18 Å². The largest absolute Gasteiger partial charge is 0.508 e. The van der Waals surface area contributed by atoms with Gasteiger partial charge in [-0.2, -0.15) is 18.4 Å². The number of phenolic OH excluding ortho intramolecular Hbond substituents is 1. The molecule has 0 aliphatic carbocycles. The number of nitriles is 1. The number of nitrogens with zero attached hydrogens (tertiary/aromatic N) is 3. The van der Waals surface area contributed by atoms with Gasteiger partial charge in [-0.15, -0.1) is 0 Å². The molecule has 0 atom stereocenters. The van der Waals surface area contributed by atoms with E-state index in [0.29, 0.717) is 6.07 Å². The van der Waals surface area contributed by atoms with Gasteiger partial charge in [0.15, 0.2) is 0 Å². The van der Waals surface area contributed by atoms with E-state index in [2.05, 4.69) is 0 Å². The zero-order valence-corrected chi connectivity index (χ0v) is 15.1. The molecule has 0 spiro atoms. The van der Waals surface area contributed by atoms with E-state index in [0.717, 1.165) is 13.1 Å². The third-order valence-corrected chi connectivity index (χ3v) is 4.07. The lowest BCUT2D eigenvalue weighted by atomic mass is 10.1. The van der Waals surface area contributed by atoms with Crippen LogP contribution in [0.15, 0.2) is 52.1 Å². The number of aromatic hydroxyl groups is 1. The minimum Gasteiger partial charge on any atom is -0.508 e. The first-order valence-electron chi connectivity index (χ1n) is 8.14. The van der Waals surface area contributed by atoms with Gasteiger partial charge in [0.05, 0.1) is 11.3 Å². The highest BCUT2D eigenvalue weighted by molar-refractivity contribution is 5.53. The molecule has 1 N–H and O–H groups in total. The van der Waals surface area contributed by atoms with Crippen LogP contribution in [-0.4, -0.2) is 14.2 Å². The molecule has 1 heterocycles. The Labute approximate surface area is 165 Å². The third kappa shape index (κ3) is 3.75. The molecule has 0 fully saturated rings. The van der Waals surface area contributed by atoms with Gasteiger partial charge < -0.3 is 9.84 Å². The molecule has 11 heteroatoms. The molecule has 0 aliphatic rings. The summed E-state index contributed by atoms with van der Waals surface area (Å²) in [5, 5.41) is 18.7. The Hall–Kier alpha value is -4.07. The summed E-state index contributed by atoms with van der Waals surface area (Å²) in [6, 6.07) is 8.73. The summed E-state index contributed by atoms with van der Waals surface area (Å²) in [7, 11) is 0.785. The Morgan fingerprint density at radius 2 is 1.83 bits per heavy atom. The summed E-state index contributed by atoms with van der Waals surface area (Å²) in [6.07, 6.45) is -4.97. The number of benzene rings is 2. The maximum Gasteiger partial charge on any atom is 0.431 e. The van der Waals surface area contributed by atoms with Crippen LogP contribution >= 0.6 is 0 Å². The highest BCUT2D eigenvalue weighted by Crippen LogP contribution is 2.31. The second-order valence-corrected chi connectivity index (χ2v) is 6.05. The fourth-order valence-corrected chi connectivity index (χ4v) is 2.68. The van der Waals surface area contributed by atoms with Gasteiger partial charge in [0.25, 0.3) is 5.56 Å². The van der Waals surface area contributed by atoms with E-state index in [1.807, 2.05) is 0 Å². The molecule has 0 radical (unpaired) electrons. The first kappa shape index (κ1) is 20.7. The predicted molar refractivity (Wildman–Crippen MR) is 95.1 cm³/mol. The molecule has 0 saturated carbocycles. The van der Waals surface area contributed by atoms with Gasteiger partial charge in [0, 0.05) is 25.2 Å². The lowest BCUT2D eigenvalue weighted by Crippen LogP contribution is -2.41. The molecule has 1 aromatic heterocycles. The predicted octanol–water partition coefficient (Wildman–Crippen LogP) is 3.06. The van der Waals surface area contributed by atoms with Gasteiger partial charge in [-0.1, -0.05) is 6.07 Å². The average molecular weight is 421 g/mol. The summed E-state index contributed by atoms with van der Waals surface area (Å²) in [4.78, 5) is 24.6. The summed E-state index contributed by atoms with van der Waals surface area (Å²) >= 11 is 0. The number of halogens is 4. The maximum atomic E-state index is 14.6. The van der Waals surface area contributed by atoms with Crippen molar-refractivity contribution in [2.24, 2.45) is 7.05 Å². The van der Waals surface area contributed by atoms with Gasteiger partial charge in [0.1, 0.15) is 34.8 Å². The zero-order valence-electron chi connectivity index (χ0n) is 15.1. The van der Waals surface area contributed by atoms with Crippen LogP contribution in [0.1, 0.15) is 11.3 Å². The lowest BCUT2D eigenvalue weighted by molar-refractivity contribution is -0.144. The minimum absolute atomic E-state index is 0.0525. The molecule has 3 aromatic rings. The molecule has 30 heavy (non-hydrogen) atoms. The topological polar surface area (TPSA) is 97.2 Å². The summed E-state index contributed by atoms with van der Waals surface area (Å²) < 4.78 is 59.3. The van der Waals surface area contributed by atoms with Crippen LogP contribution in [0.3, 0.4) is 0 Å². The van der Waals surface area contributed by atoms with E-state index in [-0.39, 0.29) is 38.0 Å². The summed E-state index contributed by atoms with van der Waals surface area (Å²) in [5.41, 5.74) is -5.38. The molecule has 0 bridgehead atoms. The first-order chi connectivity index (χ1) is 14.0. The molecule has 154 valence electrons. The Morgan fingerprint density at radius 3 is 2.43 bits per heavy atom. The van der Waals surface area contributed by atoms with Crippen molar-refractivity contribution in [3.63, 3.8) is 0 Å². The van der Waals surface area contributed by atoms with Crippen LogP contribution in [0.4, 0.5) is 17.6 Å². The fourth-order valence-electron chi connectivity index (χ4n) is 2.68. The van der Waals surface area contributed by atoms with E-state index in [1.54, 1.807) is 6.07 Å². The number of alkyl halides is 3. The van der Waals surface area contributed by atoms with Crippen LogP contribution in [-0.2, 0) is 13.2 Å². The molecule has 0 aliphatic heterocycles. The average Bonchev–Trinajstić information content (AvgIpc) is 2.66. The van der Waals surface area contributed by atoms with Crippen molar-refractivity contribution >= 4 is 0 Å². The monoisotopic (exact) mass is 421 g/mol. The Morgan fingerprint density at radius 1 is 1.13 bits per heavy atom. The van der Waals surface area contributed by atoms with Gasteiger partial charge in [-0.05, 0) is 18.2 Å². The SMILES string of the molecule is Cn1c(C(F)(F)F)cc(=O)n(-c2cc(Oc3cccc(O)c3)c(C#N)cc2F)c1=O. The van der Waals surface area contributed by atoms with E-state index < -0.39 is 34.6 Å². The highest BCUT2D eigenvalue weighted by atomic mass is 19.4. The van der Waals surface area contributed by atoms with Crippen molar-refractivity contribution in [3.05, 3.63) is 80.4 Å². The highest BCUT2D eigenvalue weighted by Gasteiger charge is 2.35. The number of ether oxygens (including phenoxy) is 1. The quantitative estimate of drug-likeness (QED) is 0.656. The molecule has 0 amide bonds. The number of rotatable bonds is 3. The summed E-state index contributed by atoms with van der Waals surface area (Å²) in [6.45, 7) is 0. The molecular formula is C19H11F4N3O4. The van der Waals surface area contributed by atoms with Crippen molar-refractivity contribution in [3.8, 4) is 29.0 Å².